The van der Waals surface area contributed by atoms with Crippen molar-refractivity contribution >= 4 is 0 Å². The zero-order valence-electron chi connectivity index (χ0n) is 10.2. The van der Waals surface area contributed by atoms with Crippen LogP contribution >= 0.6 is 0 Å². The maximum Gasteiger partial charge on any atom is 0.00104 e. The van der Waals surface area contributed by atoms with E-state index >= 15 is 0 Å². The van der Waals surface area contributed by atoms with Gasteiger partial charge < -0.3 is 11.1 Å². The highest BCUT2D eigenvalue weighted by Crippen LogP contribution is 2.05. The minimum Gasteiger partial charge on any atom is -0.328 e. The van der Waals surface area contributed by atoms with Crippen LogP contribution in [0, 0.1) is 5.92 Å². The van der Waals surface area contributed by atoms with Crippen LogP contribution in [0.1, 0.15) is 52.9 Å². The van der Waals surface area contributed by atoms with Gasteiger partial charge >= 0.3 is 0 Å². The Labute approximate surface area is 89.6 Å². The first-order chi connectivity index (χ1) is 6.70. The number of hydrogen-bond acceptors (Lipinski definition) is 2. The summed E-state index contributed by atoms with van der Waals surface area (Å²) < 4.78 is 0. The van der Waals surface area contributed by atoms with Gasteiger partial charge in [-0.1, -0.05) is 33.1 Å². The molecule has 1 unspecified atom stereocenters. The molecule has 0 saturated carbocycles. The predicted molar refractivity (Wildman–Crippen MR) is 64.4 cm³/mol. The average Bonchev–Trinajstić information content (AvgIpc) is 2.16. The van der Waals surface area contributed by atoms with E-state index in [9.17, 15) is 0 Å². The molecule has 2 heteroatoms. The lowest BCUT2D eigenvalue weighted by Gasteiger charge is -2.13. The van der Waals surface area contributed by atoms with Gasteiger partial charge in [-0.25, -0.2) is 0 Å². The molecule has 2 nitrogen and oxygen atoms in total. The SMILES string of the molecule is CCC(CC)CNCCCCC(C)N. The molecule has 0 radical (unpaired) electrons. The molecule has 0 fully saturated rings. The third-order valence-corrected chi connectivity index (χ3v) is 2.85. The second-order valence-electron chi connectivity index (χ2n) is 4.36. The third-order valence-electron chi connectivity index (χ3n) is 2.85. The number of nitrogens with two attached hydrogens (primary N) is 1. The van der Waals surface area contributed by atoms with Crippen LogP contribution in [0.4, 0.5) is 0 Å². The Hall–Kier alpha value is -0.0800. The molecule has 0 amide bonds. The Kier molecular flexibility index (Phi) is 9.42. The van der Waals surface area contributed by atoms with Crippen LogP contribution in [-0.4, -0.2) is 19.1 Å². The molecule has 0 aliphatic carbocycles. The van der Waals surface area contributed by atoms with E-state index < -0.39 is 0 Å². The fraction of sp³-hybridized carbons (Fsp3) is 1.00. The Morgan fingerprint density at radius 2 is 1.79 bits per heavy atom. The standard InChI is InChI=1S/C12H28N2/c1-4-12(5-2)10-14-9-7-6-8-11(3)13/h11-12,14H,4-10,13H2,1-3H3. The van der Waals surface area contributed by atoms with Crippen LogP contribution in [0.2, 0.25) is 0 Å². The van der Waals surface area contributed by atoms with Gasteiger partial charge in [0, 0.05) is 6.04 Å². The fourth-order valence-corrected chi connectivity index (χ4v) is 1.60. The molecule has 14 heavy (non-hydrogen) atoms. The maximum atomic E-state index is 5.68. The maximum absolute atomic E-state index is 5.68. The smallest absolute Gasteiger partial charge is 0.00104 e. The molecule has 0 aromatic rings. The zero-order chi connectivity index (χ0) is 10.8. The van der Waals surface area contributed by atoms with Gasteiger partial charge in [-0.3, -0.25) is 0 Å². The zero-order valence-corrected chi connectivity index (χ0v) is 10.2. The van der Waals surface area contributed by atoms with Crippen molar-refractivity contribution in [2.24, 2.45) is 11.7 Å². The first kappa shape index (κ1) is 13.9. The summed E-state index contributed by atoms with van der Waals surface area (Å²) in [6.07, 6.45) is 6.27. The largest absolute Gasteiger partial charge is 0.328 e. The number of unbranched alkanes of at least 4 members (excludes halogenated alkanes) is 1. The minimum absolute atomic E-state index is 0.369. The van der Waals surface area contributed by atoms with E-state index in [1.807, 2.05) is 0 Å². The van der Waals surface area contributed by atoms with Crippen molar-refractivity contribution in [3.63, 3.8) is 0 Å². The van der Waals surface area contributed by atoms with Crippen LogP contribution in [0.5, 0.6) is 0 Å². The van der Waals surface area contributed by atoms with Crippen LogP contribution in [0.3, 0.4) is 0 Å². The highest BCUT2D eigenvalue weighted by Gasteiger charge is 2.01. The highest BCUT2D eigenvalue weighted by molar-refractivity contribution is 4.59. The minimum atomic E-state index is 0.369. The Bertz CT molecular complexity index is 109. The lowest BCUT2D eigenvalue weighted by Crippen LogP contribution is -2.23. The van der Waals surface area contributed by atoms with E-state index in [0.717, 1.165) is 18.9 Å². The van der Waals surface area contributed by atoms with Crippen molar-refractivity contribution < 1.29 is 0 Å². The van der Waals surface area contributed by atoms with E-state index in [-0.39, 0.29) is 0 Å². The second-order valence-corrected chi connectivity index (χ2v) is 4.36. The van der Waals surface area contributed by atoms with Gasteiger partial charge in [0.1, 0.15) is 0 Å². The van der Waals surface area contributed by atoms with Gasteiger partial charge in [0.25, 0.3) is 0 Å². The summed E-state index contributed by atoms with van der Waals surface area (Å²) in [6, 6.07) is 0.369. The number of hydrogen-bond donors (Lipinski definition) is 2. The van der Waals surface area contributed by atoms with E-state index in [0.29, 0.717) is 6.04 Å². The summed E-state index contributed by atoms with van der Waals surface area (Å²) >= 11 is 0. The lowest BCUT2D eigenvalue weighted by atomic mass is 10.0. The van der Waals surface area contributed by atoms with E-state index in [4.69, 9.17) is 5.73 Å². The van der Waals surface area contributed by atoms with Crippen molar-refractivity contribution in [1.82, 2.24) is 5.32 Å². The van der Waals surface area contributed by atoms with Gasteiger partial charge in [0.15, 0.2) is 0 Å². The Morgan fingerprint density at radius 1 is 1.14 bits per heavy atom. The van der Waals surface area contributed by atoms with E-state index in [2.05, 4.69) is 26.1 Å². The summed E-state index contributed by atoms with van der Waals surface area (Å²) in [4.78, 5) is 0. The lowest BCUT2D eigenvalue weighted by molar-refractivity contribution is 0.442. The molecule has 0 saturated heterocycles. The molecule has 3 N–H and O–H groups in total. The summed E-state index contributed by atoms with van der Waals surface area (Å²) in [6.45, 7) is 8.96. The quantitative estimate of drug-likeness (QED) is 0.561. The van der Waals surface area contributed by atoms with Gasteiger partial charge in [-0.05, 0) is 38.8 Å². The molecule has 86 valence electrons. The van der Waals surface area contributed by atoms with Gasteiger partial charge in [0.05, 0.1) is 0 Å². The molecular weight excluding hydrogens is 172 g/mol. The molecule has 1 atom stereocenters. The Morgan fingerprint density at radius 3 is 2.29 bits per heavy atom. The van der Waals surface area contributed by atoms with Crippen LogP contribution in [0.15, 0.2) is 0 Å². The van der Waals surface area contributed by atoms with Gasteiger partial charge in [-0.2, -0.15) is 0 Å². The fourth-order valence-electron chi connectivity index (χ4n) is 1.60. The molecule has 0 spiro atoms. The molecule has 0 rings (SSSR count). The topological polar surface area (TPSA) is 38.0 Å². The van der Waals surface area contributed by atoms with E-state index in [1.54, 1.807) is 0 Å². The van der Waals surface area contributed by atoms with Gasteiger partial charge in [-0.15, -0.1) is 0 Å². The van der Waals surface area contributed by atoms with Crippen molar-refractivity contribution in [2.75, 3.05) is 13.1 Å². The normalized spacial score (nSPS) is 13.5. The summed E-state index contributed by atoms with van der Waals surface area (Å²) in [5.41, 5.74) is 5.68. The molecule has 0 aliphatic rings. The summed E-state index contributed by atoms with van der Waals surface area (Å²) in [7, 11) is 0. The van der Waals surface area contributed by atoms with E-state index in [1.165, 1.54) is 32.2 Å². The molecule has 0 heterocycles. The predicted octanol–water partition coefficient (Wildman–Crippen LogP) is 2.53. The molecule has 0 aromatic heterocycles. The second kappa shape index (κ2) is 9.47. The number of rotatable bonds is 9. The van der Waals surface area contributed by atoms with Crippen molar-refractivity contribution in [3.8, 4) is 0 Å². The van der Waals surface area contributed by atoms with Crippen LogP contribution in [0.25, 0.3) is 0 Å². The molecule has 0 aromatic carbocycles. The van der Waals surface area contributed by atoms with Crippen molar-refractivity contribution in [1.29, 1.82) is 0 Å². The highest BCUT2D eigenvalue weighted by atomic mass is 14.8. The summed E-state index contributed by atoms with van der Waals surface area (Å²) in [5, 5.41) is 3.52. The third kappa shape index (κ3) is 8.52. The van der Waals surface area contributed by atoms with Gasteiger partial charge in [0.2, 0.25) is 0 Å². The average molecular weight is 200 g/mol. The molecule has 0 bridgehead atoms. The number of nitrogens with one attached hydrogen (secondary N) is 1. The molecular formula is C12H28N2. The summed E-state index contributed by atoms with van der Waals surface area (Å²) in [5.74, 6) is 0.864. The van der Waals surface area contributed by atoms with Crippen LogP contribution in [-0.2, 0) is 0 Å². The van der Waals surface area contributed by atoms with Crippen molar-refractivity contribution in [3.05, 3.63) is 0 Å². The first-order valence-electron chi connectivity index (χ1n) is 6.16. The monoisotopic (exact) mass is 200 g/mol. The van der Waals surface area contributed by atoms with Crippen molar-refractivity contribution in [2.45, 2.75) is 58.9 Å². The Balaban J connectivity index is 3.12. The first-order valence-corrected chi connectivity index (χ1v) is 6.16. The molecule has 0 aliphatic heterocycles. The van der Waals surface area contributed by atoms with Crippen LogP contribution < -0.4 is 11.1 Å².